The highest BCUT2D eigenvalue weighted by Gasteiger charge is 2.18. The standard InChI is InChI=1S/C15H21N3OS/c1-2-18(10-12-5-3-7-16-12)11-13-9-14(19-17-13)15-6-4-8-20-15/h4,6,8-9,12,16H,2-3,5,7,10-11H2,1H3. The Morgan fingerprint density at radius 1 is 1.55 bits per heavy atom. The van der Waals surface area contributed by atoms with Gasteiger partial charge in [-0.15, -0.1) is 11.3 Å². The van der Waals surface area contributed by atoms with Crippen LogP contribution >= 0.6 is 11.3 Å². The van der Waals surface area contributed by atoms with E-state index in [1.165, 1.54) is 12.8 Å². The van der Waals surface area contributed by atoms with E-state index >= 15 is 0 Å². The SMILES string of the molecule is CCN(Cc1cc(-c2cccs2)on1)CC1CCCN1. The van der Waals surface area contributed by atoms with Crippen LogP contribution in [0.15, 0.2) is 28.1 Å². The van der Waals surface area contributed by atoms with Crippen molar-refractivity contribution in [3.8, 4) is 10.6 Å². The van der Waals surface area contributed by atoms with Crippen LogP contribution in [0.2, 0.25) is 0 Å². The molecule has 20 heavy (non-hydrogen) atoms. The van der Waals surface area contributed by atoms with Gasteiger partial charge in [-0.1, -0.05) is 18.1 Å². The molecule has 0 bridgehead atoms. The van der Waals surface area contributed by atoms with Crippen LogP contribution in [-0.4, -0.2) is 35.7 Å². The summed E-state index contributed by atoms with van der Waals surface area (Å²) in [5.41, 5.74) is 1.02. The Morgan fingerprint density at radius 2 is 2.50 bits per heavy atom. The Balaban J connectivity index is 1.60. The molecule has 0 saturated carbocycles. The minimum Gasteiger partial charge on any atom is -0.355 e. The van der Waals surface area contributed by atoms with Gasteiger partial charge in [0.2, 0.25) is 0 Å². The van der Waals surface area contributed by atoms with Crippen LogP contribution in [0.4, 0.5) is 0 Å². The van der Waals surface area contributed by atoms with Crippen LogP contribution in [0.1, 0.15) is 25.5 Å². The summed E-state index contributed by atoms with van der Waals surface area (Å²) in [5, 5.41) is 9.81. The highest BCUT2D eigenvalue weighted by molar-refractivity contribution is 7.13. The predicted octanol–water partition coefficient (Wildman–Crippen LogP) is 2.98. The van der Waals surface area contributed by atoms with E-state index in [2.05, 4.69) is 39.8 Å². The number of rotatable bonds is 6. The summed E-state index contributed by atoms with van der Waals surface area (Å²) in [7, 11) is 0. The van der Waals surface area contributed by atoms with Gasteiger partial charge in [0.25, 0.3) is 0 Å². The summed E-state index contributed by atoms with van der Waals surface area (Å²) in [6, 6.07) is 6.80. The number of nitrogens with zero attached hydrogens (tertiary/aromatic N) is 2. The molecule has 1 saturated heterocycles. The molecule has 1 atom stereocenters. The lowest BCUT2D eigenvalue weighted by Crippen LogP contribution is -2.37. The van der Waals surface area contributed by atoms with Crippen LogP contribution in [0.5, 0.6) is 0 Å². The first-order valence-electron chi connectivity index (χ1n) is 7.30. The van der Waals surface area contributed by atoms with Crippen molar-refractivity contribution in [2.75, 3.05) is 19.6 Å². The summed E-state index contributed by atoms with van der Waals surface area (Å²) >= 11 is 1.68. The molecule has 0 radical (unpaired) electrons. The monoisotopic (exact) mass is 291 g/mol. The number of hydrogen-bond acceptors (Lipinski definition) is 5. The molecule has 1 N–H and O–H groups in total. The first kappa shape index (κ1) is 13.8. The normalized spacial score (nSPS) is 19.0. The topological polar surface area (TPSA) is 41.3 Å². The zero-order valence-electron chi connectivity index (χ0n) is 11.8. The van der Waals surface area contributed by atoms with Crippen molar-refractivity contribution in [2.45, 2.75) is 32.4 Å². The third kappa shape index (κ3) is 3.29. The Kier molecular flexibility index (Phi) is 4.50. The zero-order valence-corrected chi connectivity index (χ0v) is 12.7. The Bertz CT molecular complexity index is 517. The molecule has 2 aromatic rings. The van der Waals surface area contributed by atoms with Crippen molar-refractivity contribution in [1.82, 2.24) is 15.4 Å². The van der Waals surface area contributed by atoms with Crippen molar-refractivity contribution in [3.63, 3.8) is 0 Å². The molecule has 2 aromatic heterocycles. The fraction of sp³-hybridized carbons (Fsp3) is 0.533. The lowest BCUT2D eigenvalue weighted by molar-refractivity contribution is 0.246. The van der Waals surface area contributed by atoms with Gasteiger partial charge in [0.15, 0.2) is 5.76 Å². The van der Waals surface area contributed by atoms with Crippen molar-refractivity contribution in [1.29, 1.82) is 0 Å². The minimum absolute atomic E-state index is 0.638. The first-order valence-corrected chi connectivity index (χ1v) is 8.18. The maximum atomic E-state index is 5.44. The zero-order chi connectivity index (χ0) is 13.8. The molecule has 0 aromatic carbocycles. The summed E-state index contributed by atoms with van der Waals surface area (Å²) in [6.45, 7) is 6.37. The van der Waals surface area contributed by atoms with Gasteiger partial charge in [0.1, 0.15) is 0 Å². The number of nitrogens with one attached hydrogen (secondary N) is 1. The van der Waals surface area contributed by atoms with Gasteiger partial charge in [-0.25, -0.2) is 0 Å². The molecule has 1 aliphatic rings. The van der Waals surface area contributed by atoms with Crippen molar-refractivity contribution in [2.24, 2.45) is 0 Å². The molecule has 5 heteroatoms. The number of aromatic nitrogens is 1. The summed E-state index contributed by atoms with van der Waals surface area (Å²) in [4.78, 5) is 3.57. The van der Waals surface area contributed by atoms with Gasteiger partial charge in [0, 0.05) is 25.2 Å². The summed E-state index contributed by atoms with van der Waals surface area (Å²) in [5.74, 6) is 0.880. The number of likely N-dealkylation sites (N-methyl/N-ethyl adjacent to an activating group) is 1. The number of thiophene rings is 1. The second-order valence-corrected chi connectivity index (χ2v) is 6.23. The van der Waals surface area contributed by atoms with Gasteiger partial charge < -0.3 is 9.84 Å². The minimum atomic E-state index is 0.638. The fourth-order valence-corrected chi connectivity index (χ4v) is 3.35. The molecule has 1 unspecified atom stereocenters. The molecule has 1 fully saturated rings. The molecule has 1 aliphatic heterocycles. The molecular formula is C15H21N3OS. The van der Waals surface area contributed by atoms with E-state index in [0.29, 0.717) is 6.04 Å². The van der Waals surface area contributed by atoms with E-state index in [-0.39, 0.29) is 0 Å². The van der Waals surface area contributed by atoms with Crippen LogP contribution in [0.3, 0.4) is 0 Å². The van der Waals surface area contributed by atoms with E-state index < -0.39 is 0 Å². The lowest BCUT2D eigenvalue weighted by atomic mass is 10.2. The average Bonchev–Trinajstić information content (AvgIpc) is 3.20. The number of hydrogen-bond donors (Lipinski definition) is 1. The highest BCUT2D eigenvalue weighted by atomic mass is 32.1. The first-order chi connectivity index (χ1) is 9.85. The third-order valence-electron chi connectivity index (χ3n) is 3.80. The van der Waals surface area contributed by atoms with Gasteiger partial charge >= 0.3 is 0 Å². The van der Waals surface area contributed by atoms with Crippen molar-refractivity contribution in [3.05, 3.63) is 29.3 Å². The lowest BCUT2D eigenvalue weighted by Gasteiger charge is -2.22. The molecule has 108 valence electrons. The van der Waals surface area contributed by atoms with E-state index in [1.54, 1.807) is 11.3 Å². The Morgan fingerprint density at radius 3 is 3.20 bits per heavy atom. The maximum Gasteiger partial charge on any atom is 0.177 e. The van der Waals surface area contributed by atoms with Crippen LogP contribution in [0, 0.1) is 0 Å². The molecular weight excluding hydrogens is 270 g/mol. The Hall–Kier alpha value is -1.17. The van der Waals surface area contributed by atoms with E-state index in [4.69, 9.17) is 4.52 Å². The summed E-state index contributed by atoms with van der Waals surface area (Å²) in [6.07, 6.45) is 2.59. The quantitative estimate of drug-likeness (QED) is 0.888. The highest BCUT2D eigenvalue weighted by Crippen LogP contribution is 2.25. The third-order valence-corrected chi connectivity index (χ3v) is 4.68. The van der Waals surface area contributed by atoms with E-state index in [1.807, 2.05) is 6.07 Å². The van der Waals surface area contributed by atoms with Crippen LogP contribution < -0.4 is 5.32 Å². The van der Waals surface area contributed by atoms with Crippen LogP contribution in [0.25, 0.3) is 10.6 Å². The Labute approximate surface area is 123 Å². The maximum absolute atomic E-state index is 5.44. The molecule has 3 rings (SSSR count). The fourth-order valence-electron chi connectivity index (χ4n) is 2.68. The van der Waals surface area contributed by atoms with E-state index in [0.717, 1.165) is 42.5 Å². The molecule has 3 heterocycles. The second-order valence-electron chi connectivity index (χ2n) is 5.28. The smallest absolute Gasteiger partial charge is 0.177 e. The second kappa shape index (κ2) is 6.52. The molecule has 4 nitrogen and oxygen atoms in total. The molecule has 0 amide bonds. The van der Waals surface area contributed by atoms with Crippen molar-refractivity contribution < 1.29 is 4.52 Å². The van der Waals surface area contributed by atoms with Gasteiger partial charge in [0.05, 0.1) is 10.6 Å². The van der Waals surface area contributed by atoms with Crippen molar-refractivity contribution >= 4 is 11.3 Å². The molecule has 0 spiro atoms. The summed E-state index contributed by atoms with van der Waals surface area (Å²) < 4.78 is 5.44. The largest absolute Gasteiger partial charge is 0.355 e. The molecule has 0 aliphatic carbocycles. The van der Waals surface area contributed by atoms with Gasteiger partial charge in [-0.3, -0.25) is 4.90 Å². The predicted molar refractivity (Wildman–Crippen MR) is 81.8 cm³/mol. The average molecular weight is 291 g/mol. The van der Waals surface area contributed by atoms with E-state index in [9.17, 15) is 0 Å². The van der Waals surface area contributed by atoms with Gasteiger partial charge in [-0.2, -0.15) is 0 Å². The van der Waals surface area contributed by atoms with Gasteiger partial charge in [-0.05, 0) is 37.4 Å². The van der Waals surface area contributed by atoms with Crippen LogP contribution in [-0.2, 0) is 6.54 Å².